The van der Waals surface area contributed by atoms with Crippen LogP contribution in [0.1, 0.15) is 16.8 Å². The van der Waals surface area contributed by atoms with Crippen molar-refractivity contribution in [2.45, 2.75) is 12.5 Å². The molecule has 0 spiro atoms. The molecule has 6 nitrogen and oxygen atoms in total. The zero-order valence-electron chi connectivity index (χ0n) is 14.5. The number of nitrogens with one attached hydrogen (secondary N) is 2. The van der Waals surface area contributed by atoms with Crippen molar-refractivity contribution >= 4 is 23.4 Å². The van der Waals surface area contributed by atoms with Crippen LogP contribution in [0.25, 0.3) is 0 Å². The number of halogens is 3. The molecule has 2 aromatic rings. The number of hydrogen-bond donors (Lipinski definition) is 2. The summed E-state index contributed by atoms with van der Waals surface area (Å²) in [4.78, 5) is 38.3. The summed E-state index contributed by atoms with van der Waals surface area (Å²) in [5, 5.41) is 5.06. The second-order valence-electron chi connectivity index (χ2n) is 6.19. The Balaban J connectivity index is 1.76. The molecule has 0 radical (unpaired) electrons. The molecule has 1 atom stereocenters. The van der Waals surface area contributed by atoms with Crippen molar-refractivity contribution in [1.29, 1.82) is 0 Å². The van der Waals surface area contributed by atoms with Gasteiger partial charge in [0.1, 0.15) is 23.5 Å². The van der Waals surface area contributed by atoms with E-state index in [-0.39, 0.29) is 25.1 Å². The predicted molar refractivity (Wildman–Crippen MR) is 93.8 cm³/mol. The normalized spacial score (nSPS) is 16.5. The van der Waals surface area contributed by atoms with E-state index in [2.05, 4.69) is 10.6 Å². The molecule has 3 amide bonds. The number of carbonyl (C=O) groups excluding carboxylic acids is 3. The Kier molecular flexibility index (Phi) is 5.62. The number of hydrogen-bond acceptors (Lipinski definition) is 3. The third-order valence-electron chi connectivity index (χ3n) is 4.26. The van der Waals surface area contributed by atoms with Crippen LogP contribution in [0.3, 0.4) is 0 Å². The van der Waals surface area contributed by atoms with Gasteiger partial charge < -0.3 is 15.5 Å². The topological polar surface area (TPSA) is 78.5 Å². The fourth-order valence-corrected chi connectivity index (χ4v) is 2.90. The van der Waals surface area contributed by atoms with Crippen molar-refractivity contribution < 1.29 is 27.6 Å². The van der Waals surface area contributed by atoms with Crippen LogP contribution in [-0.4, -0.2) is 41.8 Å². The van der Waals surface area contributed by atoms with Crippen LogP contribution in [0.2, 0.25) is 0 Å². The molecular weight excluding hydrogens is 375 g/mol. The Bertz CT molecular complexity index is 918. The van der Waals surface area contributed by atoms with Crippen LogP contribution in [0, 0.1) is 17.5 Å². The number of benzene rings is 2. The molecule has 3 rings (SSSR count). The van der Waals surface area contributed by atoms with Gasteiger partial charge in [0.15, 0.2) is 0 Å². The SMILES string of the molecule is O=C(CC1C(=O)NCCN1C(=O)c1ccc(F)cc1F)Nc1ccc(F)cc1. The summed E-state index contributed by atoms with van der Waals surface area (Å²) in [6, 6.07) is 6.38. The van der Waals surface area contributed by atoms with E-state index in [1.54, 1.807) is 0 Å². The van der Waals surface area contributed by atoms with Crippen LogP contribution in [0.15, 0.2) is 42.5 Å². The van der Waals surface area contributed by atoms with E-state index in [1.807, 2.05) is 0 Å². The number of rotatable bonds is 4. The minimum absolute atomic E-state index is 0.0654. The highest BCUT2D eigenvalue weighted by Gasteiger charge is 2.36. The Morgan fingerprint density at radius 3 is 2.43 bits per heavy atom. The fraction of sp³-hybridized carbons (Fsp3) is 0.211. The summed E-state index contributed by atoms with van der Waals surface area (Å²) in [7, 11) is 0. The van der Waals surface area contributed by atoms with Crippen molar-refractivity contribution in [2.75, 3.05) is 18.4 Å². The quantitative estimate of drug-likeness (QED) is 0.838. The van der Waals surface area contributed by atoms with Gasteiger partial charge in [0.2, 0.25) is 11.8 Å². The summed E-state index contributed by atoms with van der Waals surface area (Å²) < 4.78 is 40.0. The molecule has 1 fully saturated rings. The lowest BCUT2D eigenvalue weighted by molar-refractivity contribution is -0.131. The van der Waals surface area contributed by atoms with Gasteiger partial charge in [-0.05, 0) is 36.4 Å². The average molecular weight is 391 g/mol. The molecule has 1 heterocycles. The van der Waals surface area contributed by atoms with Crippen LogP contribution < -0.4 is 10.6 Å². The van der Waals surface area contributed by atoms with Gasteiger partial charge in [-0.15, -0.1) is 0 Å². The Morgan fingerprint density at radius 1 is 1.07 bits per heavy atom. The highest BCUT2D eigenvalue weighted by molar-refractivity contribution is 6.01. The first kappa shape index (κ1) is 19.4. The van der Waals surface area contributed by atoms with Crippen molar-refractivity contribution in [1.82, 2.24) is 10.2 Å². The predicted octanol–water partition coefficient (Wildman–Crippen LogP) is 2.07. The Labute approximate surface area is 158 Å². The highest BCUT2D eigenvalue weighted by atomic mass is 19.1. The fourth-order valence-electron chi connectivity index (χ4n) is 2.90. The molecule has 0 aliphatic carbocycles. The summed E-state index contributed by atoms with van der Waals surface area (Å²) in [6.07, 6.45) is -0.377. The maximum absolute atomic E-state index is 14.0. The minimum atomic E-state index is -1.16. The van der Waals surface area contributed by atoms with Gasteiger partial charge >= 0.3 is 0 Å². The van der Waals surface area contributed by atoms with E-state index in [0.717, 1.165) is 29.2 Å². The van der Waals surface area contributed by atoms with Crippen LogP contribution >= 0.6 is 0 Å². The summed E-state index contributed by atoms with van der Waals surface area (Å²) >= 11 is 0. The third-order valence-corrected chi connectivity index (χ3v) is 4.26. The van der Waals surface area contributed by atoms with E-state index in [9.17, 15) is 27.6 Å². The molecule has 1 saturated heterocycles. The average Bonchev–Trinajstić information content (AvgIpc) is 2.65. The molecule has 9 heteroatoms. The standard InChI is InChI=1S/C19H16F3N3O3/c20-11-1-4-13(5-2-11)24-17(26)10-16-18(27)23-7-8-25(16)19(28)14-6-3-12(21)9-15(14)22/h1-6,9,16H,7-8,10H2,(H,23,27)(H,24,26). The summed E-state index contributed by atoms with van der Waals surface area (Å²) in [6.45, 7) is 0.208. The van der Waals surface area contributed by atoms with Crippen LogP contribution in [0.5, 0.6) is 0 Å². The third kappa shape index (κ3) is 4.30. The Morgan fingerprint density at radius 2 is 1.75 bits per heavy atom. The second-order valence-corrected chi connectivity index (χ2v) is 6.19. The van der Waals surface area contributed by atoms with E-state index < -0.39 is 41.2 Å². The molecule has 28 heavy (non-hydrogen) atoms. The number of carbonyl (C=O) groups is 3. The molecule has 2 N–H and O–H groups in total. The first-order valence-electron chi connectivity index (χ1n) is 8.44. The molecule has 1 aliphatic heterocycles. The van der Waals surface area contributed by atoms with Gasteiger partial charge in [0.05, 0.1) is 12.0 Å². The zero-order chi connectivity index (χ0) is 20.3. The number of amides is 3. The maximum Gasteiger partial charge on any atom is 0.257 e. The number of nitrogens with zero attached hydrogens (tertiary/aromatic N) is 1. The smallest absolute Gasteiger partial charge is 0.257 e. The van der Waals surface area contributed by atoms with Gasteiger partial charge in [0, 0.05) is 24.8 Å². The van der Waals surface area contributed by atoms with Crippen LogP contribution in [-0.2, 0) is 9.59 Å². The number of anilines is 1. The largest absolute Gasteiger partial charge is 0.353 e. The lowest BCUT2D eigenvalue weighted by Crippen LogP contribution is -2.58. The molecule has 1 aliphatic rings. The van der Waals surface area contributed by atoms with Crippen molar-refractivity contribution in [3.05, 3.63) is 65.5 Å². The zero-order valence-corrected chi connectivity index (χ0v) is 14.5. The van der Waals surface area contributed by atoms with Gasteiger partial charge in [-0.3, -0.25) is 14.4 Å². The highest BCUT2D eigenvalue weighted by Crippen LogP contribution is 2.18. The van der Waals surface area contributed by atoms with Crippen LogP contribution in [0.4, 0.5) is 18.9 Å². The first-order valence-corrected chi connectivity index (χ1v) is 8.44. The summed E-state index contributed by atoms with van der Waals surface area (Å²) in [5.41, 5.74) is -0.0647. The molecule has 0 aromatic heterocycles. The van der Waals surface area contributed by atoms with Gasteiger partial charge in [-0.1, -0.05) is 0 Å². The van der Waals surface area contributed by atoms with E-state index in [0.29, 0.717) is 11.8 Å². The first-order chi connectivity index (χ1) is 13.3. The lowest BCUT2D eigenvalue weighted by Gasteiger charge is -2.34. The maximum atomic E-state index is 14.0. The molecular formula is C19H16F3N3O3. The van der Waals surface area contributed by atoms with Gasteiger partial charge in [-0.25, -0.2) is 13.2 Å². The summed E-state index contributed by atoms with van der Waals surface area (Å²) in [5.74, 6) is -4.30. The molecule has 1 unspecified atom stereocenters. The van der Waals surface area contributed by atoms with Crippen molar-refractivity contribution in [3.8, 4) is 0 Å². The number of piperazine rings is 1. The lowest BCUT2D eigenvalue weighted by atomic mass is 10.1. The molecule has 2 aromatic carbocycles. The second kappa shape index (κ2) is 8.12. The Hall–Kier alpha value is -3.36. The molecule has 146 valence electrons. The monoisotopic (exact) mass is 391 g/mol. The molecule has 0 bridgehead atoms. The van der Waals surface area contributed by atoms with Crippen molar-refractivity contribution in [2.24, 2.45) is 0 Å². The van der Waals surface area contributed by atoms with Crippen molar-refractivity contribution in [3.63, 3.8) is 0 Å². The van der Waals surface area contributed by atoms with E-state index in [4.69, 9.17) is 0 Å². The van der Waals surface area contributed by atoms with Gasteiger partial charge in [0.25, 0.3) is 5.91 Å². The van der Waals surface area contributed by atoms with E-state index >= 15 is 0 Å². The minimum Gasteiger partial charge on any atom is -0.353 e. The molecule has 0 saturated carbocycles. The van der Waals surface area contributed by atoms with Gasteiger partial charge in [-0.2, -0.15) is 0 Å². The van der Waals surface area contributed by atoms with E-state index in [1.165, 1.54) is 12.1 Å².